The summed E-state index contributed by atoms with van der Waals surface area (Å²) in [6.07, 6.45) is -4.79. The van der Waals surface area contributed by atoms with E-state index < -0.39 is 76.0 Å². The first-order valence-corrected chi connectivity index (χ1v) is 13.9. The molecule has 1 heterocycles. The predicted octanol–water partition coefficient (Wildman–Crippen LogP) is 3.08. The highest BCUT2D eigenvalue weighted by atomic mass is 19.4. The summed E-state index contributed by atoms with van der Waals surface area (Å²) in [6.45, 7) is 0.947. The summed E-state index contributed by atoms with van der Waals surface area (Å²) in [6, 6.07) is 11.1. The highest BCUT2D eigenvalue weighted by Gasteiger charge is 2.38. The summed E-state index contributed by atoms with van der Waals surface area (Å²) >= 11 is 0. The van der Waals surface area contributed by atoms with E-state index in [1.165, 1.54) is 13.2 Å². The summed E-state index contributed by atoms with van der Waals surface area (Å²) < 4.78 is 42.5. The van der Waals surface area contributed by atoms with Gasteiger partial charge >= 0.3 is 24.1 Å². The van der Waals surface area contributed by atoms with Gasteiger partial charge in [-0.1, -0.05) is 6.07 Å². The smallest absolute Gasteiger partial charge is 0.490 e. The Hall–Kier alpha value is -5.84. The van der Waals surface area contributed by atoms with Gasteiger partial charge in [0, 0.05) is 12.1 Å². The zero-order valence-corrected chi connectivity index (χ0v) is 24.9. The van der Waals surface area contributed by atoms with Gasteiger partial charge in [-0.2, -0.15) is 13.2 Å². The number of nitrogens with one attached hydrogen (secondary N) is 2. The lowest BCUT2D eigenvalue weighted by atomic mass is 9.95. The fraction of sp³-hybridized carbons (Fsp3) is 0.258. The van der Waals surface area contributed by atoms with Crippen molar-refractivity contribution in [2.75, 3.05) is 20.2 Å². The minimum absolute atomic E-state index is 0.287. The van der Waals surface area contributed by atoms with Crippen LogP contribution in [0.1, 0.15) is 59.8 Å². The number of phenolic OH excluding ortho intramolecular Hbond substituents is 3. The van der Waals surface area contributed by atoms with Crippen LogP contribution in [0.25, 0.3) is 0 Å². The molecule has 0 unspecified atom stereocenters. The van der Waals surface area contributed by atoms with Gasteiger partial charge in [-0.3, -0.25) is 9.59 Å². The lowest BCUT2D eigenvalue weighted by molar-refractivity contribution is -0.192. The van der Waals surface area contributed by atoms with Crippen LogP contribution in [0.2, 0.25) is 0 Å². The van der Waals surface area contributed by atoms with Gasteiger partial charge in [0.05, 0.1) is 29.8 Å². The Labute approximate surface area is 269 Å². The molecule has 0 aliphatic carbocycles. The van der Waals surface area contributed by atoms with Gasteiger partial charge in [0.25, 0.3) is 5.91 Å². The van der Waals surface area contributed by atoms with E-state index in [0.29, 0.717) is 37.2 Å². The summed E-state index contributed by atoms with van der Waals surface area (Å²) in [7, 11) is 1.51. The Balaban J connectivity index is 0.000000804. The van der Waals surface area contributed by atoms with Crippen molar-refractivity contribution >= 4 is 29.6 Å². The Morgan fingerprint density at radius 1 is 0.875 bits per heavy atom. The van der Waals surface area contributed by atoms with Crippen LogP contribution < -0.4 is 15.4 Å². The third-order valence-electron chi connectivity index (χ3n) is 6.88. The number of aromatic hydroxyl groups is 3. The number of hydrogen-bond donors (Lipinski definition) is 7. The van der Waals surface area contributed by atoms with Crippen molar-refractivity contribution in [1.82, 2.24) is 10.6 Å². The highest BCUT2D eigenvalue weighted by Crippen LogP contribution is 2.35. The van der Waals surface area contributed by atoms with Gasteiger partial charge in [-0.15, -0.1) is 0 Å². The molecule has 0 spiro atoms. The molecular weight excluding hydrogens is 649 g/mol. The molecule has 1 aliphatic rings. The quantitative estimate of drug-likeness (QED) is 0.134. The number of ketones is 1. The molecular formula is C31H29F3N2O12. The SMILES string of the molecule is COc1ccc(C(=O)N[C@@H]2CNCCC[C@H]2OC(=O)c2cc(O)c(C(=O)c3c(O)cccc3C(=O)O)c(O)c2)cc1.O=C(O)C(F)(F)F. The van der Waals surface area contributed by atoms with E-state index in [1.807, 2.05) is 0 Å². The number of methoxy groups -OCH3 is 1. The van der Waals surface area contributed by atoms with Crippen LogP contribution in [0.5, 0.6) is 23.0 Å². The summed E-state index contributed by atoms with van der Waals surface area (Å²) in [5, 5.41) is 53.8. The van der Waals surface area contributed by atoms with E-state index in [2.05, 4.69) is 10.6 Å². The molecule has 0 radical (unpaired) electrons. The molecule has 48 heavy (non-hydrogen) atoms. The molecule has 4 rings (SSSR count). The van der Waals surface area contributed by atoms with Crippen LogP contribution in [0.4, 0.5) is 13.2 Å². The lowest BCUT2D eigenvalue weighted by Crippen LogP contribution is -2.49. The standard InChI is InChI=1S/C29H28N2O10.C2HF3O2/c1-40-17-9-7-15(8-10-17)27(36)31-19-14-30-11-3-6-23(19)41-29(39)16-12-21(33)25(22(34)13-16)26(35)24-18(28(37)38)4-2-5-20(24)32;3-2(4,5)1(6)7/h2,4-5,7-10,12-13,19,23,30,32-34H,3,6,11,14H2,1H3,(H,31,36)(H,37,38);(H,6,7)/t19-,23-;/m1./s1. The van der Waals surface area contributed by atoms with Crippen molar-refractivity contribution < 1.29 is 72.2 Å². The first-order chi connectivity index (χ1) is 22.5. The minimum Gasteiger partial charge on any atom is -0.507 e. The van der Waals surface area contributed by atoms with Crippen molar-refractivity contribution in [3.05, 3.63) is 82.4 Å². The summed E-state index contributed by atoms with van der Waals surface area (Å²) in [4.78, 5) is 59.4. The van der Waals surface area contributed by atoms with Crippen LogP contribution in [-0.4, -0.2) is 93.7 Å². The van der Waals surface area contributed by atoms with Gasteiger partial charge in [-0.05, 0) is 67.9 Å². The Bertz CT molecular complexity index is 1670. The average Bonchev–Trinajstić information content (AvgIpc) is 3.24. The molecule has 1 aliphatic heterocycles. The first-order valence-electron chi connectivity index (χ1n) is 13.9. The number of hydrogen-bond acceptors (Lipinski definition) is 11. The number of rotatable bonds is 8. The number of alkyl halides is 3. The zero-order chi connectivity index (χ0) is 35.8. The van der Waals surface area contributed by atoms with Crippen molar-refractivity contribution in [3.8, 4) is 23.0 Å². The second kappa shape index (κ2) is 15.6. The molecule has 7 N–H and O–H groups in total. The Morgan fingerprint density at radius 2 is 1.48 bits per heavy atom. The van der Waals surface area contributed by atoms with Gasteiger partial charge in [0.2, 0.25) is 5.78 Å². The van der Waals surface area contributed by atoms with Crippen molar-refractivity contribution in [3.63, 3.8) is 0 Å². The number of carbonyl (C=O) groups is 5. The van der Waals surface area contributed by atoms with Crippen LogP contribution >= 0.6 is 0 Å². The number of phenols is 3. The van der Waals surface area contributed by atoms with Crippen LogP contribution in [0.15, 0.2) is 54.6 Å². The molecule has 0 saturated carbocycles. The van der Waals surface area contributed by atoms with Crippen molar-refractivity contribution in [2.24, 2.45) is 0 Å². The molecule has 3 aromatic carbocycles. The molecule has 0 bridgehead atoms. The second-order valence-electron chi connectivity index (χ2n) is 10.1. The van der Waals surface area contributed by atoms with E-state index in [4.69, 9.17) is 19.4 Å². The molecule has 0 aromatic heterocycles. The molecule has 17 heteroatoms. The number of aliphatic carboxylic acids is 1. The van der Waals surface area contributed by atoms with E-state index in [-0.39, 0.29) is 11.5 Å². The van der Waals surface area contributed by atoms with E-state index >= 15 is 0 Å². The molecule has 1 saturated heterocycles. The van der Waals surface area contributed by atoms with Crippen LogP contribution in [0.3, 0.4) is 0 Å². The van der Waals surface area contributed by atoms with Gasteiger partial charge in [0.1, 0.15) is 34.7 Å². The molecule has 256 valence electrons. The first kappa shape index (κ1) is 36.6. The van der Waals surface area contributed by atoms with Crippen molar-refractivity contribution in [2.45, 2.75) is 31.2 Å². The minimum atomic E-state index is -5.08. The topological polar surface area (TPSA) is 229 Å². The fourth-order valence-electron chi connectivity index (χ4n) is 4.55. The third-order valence-corrected chi connectivity index (χ3v) is 6.88. The molecule has 1 amide bonds. The molecule has 14 nitrogen and oxygen atoms in total. The number of carboxylic acids is 2. The lowest BCUT2D eigenvalue weighted by Gasteiger charge is -2.26. The predicted molar refractivity (Wildman–Crippen MR) is 158 cm³/mol. The molecule has 2 atom stereocenters. The van der Waals surface area contributed by atoms with Crippen molar-refractivity contribution in [1.29, 1.82) is 0 Å². The maximum absolute atomic E-state index is 13.1. The largest absolute Gasteiger partial charge is 0.507 e. The number of carbonyl (C=O) groups excluding carboxylic acids is 3. The molecule has 3 aromatic rings. The maximum Gasteiger partial charge on any atom is 0.490 e. The van der Waals surface area contributed by atoms with Gasteiger partial charge in [-0.25, -0.2) is 14.4 Å². The Morgan fingerprint density at radius 3 is 2.02 bits per heavy atom. The highest BCUT2D eigenvalue weighted by molar-refractivity contribution is 6.18. The van der Waals surface area contributed by atoms with Crippen LogP contribution in [0, 0.1) is 0 Å². The normalized spacial score (nSPS) is 15.9. The van der Waals surface area contributed by atoms with Gasteiger partial charge in [0.15, 0.2) is 0 Å². The van der Waals surface area contributed by atoms with Gasteiger partial charge < -0.3 is 45.6 Å². The summed E-state index contributed by atoms with van der Waals surface area (Å²) in [5.41, 5.74) is -1.78. The Kier molecular flexibility index (Phi) is 11.9. The van der Waals surface area contributed by atoms with E-state index in [1.54, 1.807) is 24.3 Å². The summed E-state index contributed by atoms with van der Waals surface area (Å²) in [5.74, 6) is -8.46. The number of carboxylic acid groups (broad SMARTS) is 2. The van der Waals surface area contributed by atoms with E-state index in [0.717, 1.165) is 24.3 Å². The number of ether oxygens (including phenoxy) is 2. The second-order valence-corrected chi connectivity index (χ2v) is 10.1. The number of esters is 1. The number of benzene rings is 3. The fourth-order valence-corrected chi connectivity index (χ4v) is 4.55. The number of amides is 1. The molecule has 1 fully saturated rings. The maximum atomic E-state index is 13.1. The van der Waals surface area contributed by atoms with E-state index in [9.17, 15) is 52.8 Å². The number of halogens is 3. The third kappa shape index (κ3) is 9.12. The monoisotopic (exact) mass is 678 g/mol. The zero-order valence-electron chi connectivity index (χ0n) is 24.9. The average molecular weight is 679 g/mol. The number of aromatic carboxylic acids is 1. The van der Waals surface area contributed by atoms with Crippen LogP contribution in [-0.2, 0) is 9.53 Å².